The molecule has 1 N–H and O–H groups in total. The molecule has 0 spiro atoms. The predicted molar refractivity (Wildman–Crippen MR) is 109 cm³/mol. The number of hydrogen-bond acceptors (Lipinski definition) is 5. The lowest BCUT2D eigenvalue weighted by Crippen LogP contribution is -2.23. The van der Waals surface area contributed by atoms with Crippen LogP contribution in [0.25, 0.3) is 0 Å². The zero-order valence-corrected chi connectivity index (χ0v) is 16.2. The standard InChI is InChI=1S/C22H23N3O3/c1-22(2)16-6-4-5-7-17(16)25(3)20(22)10-11-23-24-21(26)15-8-9-18-19(14-15)28-13-12-27-18/h4-11,14H,12-13H2,1-3H3,(H,24,26). The Morgan fingerprint density at radius 1 is 1.14 bits per heavy atom. The number of nitrogens with one attached hydrogen (secondary N) is 1. The van der Waals surface area contributed by atoms with Crippen LogP contribution in [0.15, 0.2) is 59.3 Å². The number of carbonyl (C=O) groups is 1. The van der Waals surface area contributed by atoms with Crippen LogP contribution in [0.2, 0.25) is 0 Å². The Balaban J connectivity index is 1.46. The Morgan fingerprint density at radius 3 is 2.68 bits per heavy atom. The molecule has 6 heteroatoms. The minimum absolute atomic E-state index is 0.128. The number of likely N-dealkylation sites (N-methyl/N-ethyl adjacent to an activating group) is 1. The summed E-state index contributed by atoms with van der Waals surface area (Å²) in [6.45, 7) is 5.37. The molecule has 0 aliphatic carbocycles. The number of nitrogens with zero attached hydrogens (tertiary/aromatic N) is 2. The summed E-state index contributed by atoms with van der Waals surface area (Å²) in [6, 6.07) is 13.5. The van der Waals surface area contributed by atoms with E-state index in [0.717, 1.165) is 5.70 Å². The van der Waals surface area contributed by atoms with Gasteiger partial charge in [0.05, 0.1) is 0 Å². The zero-order chi connectivity index (χ0) is 19.7. The Hall–Kier alpha value is -3.28. The van der Waals surface area contributed by atoms with Gasteiger partial charge in [-0.3, -0.25) is 4.79 Å². The van der Waals surface area contributed by atoms with Gasteiger partial charge >= 0.3 is 0 Å². The molecule has 2 heterocycles. The highest BCUT2D eigenvalue weighted by molar-refractivity contribution is 5.95. The zero-order valence-electron chi connectivity index (χ0n) is 16.2. The quantitative estimate of drug-likeness (QED) is 0.657. The molecular weight excluding hydrogens is 354 g/mol. The van der Waals surface area contributed by atoms with Gasteiger partial charge in [0, 0.05) is 35.6 Å². The van der Waals surface area contributed by atoms with Gasteiger partial charge in [-0.05, 0) is 35.9 Å². The van der Waals surface area contributed by atoms with Crippen LogP contribution >= 0.6 is 0 Å². The number of hydrogen-bond donors (Lipinski definition) is 1. The molecule has 0 radical (unpaired) electrons. The van der Waals surface area contributed by atoms with Crippen LogP contribution in [-0.2, 0) is 5.41 Å². The van der Waals surface area contributed by atoms with Crippen LogP contribution in [0, 0.1) is 0 Å². The van der Waals surface area contributed by atoms with Crippen LogP contribution in [0.3, 0.4) is 0 Å². The molecule has 0 bridgehead atoms. The van der Waals surface area contributed by atoms with Crippen molar-refractivity contribution in [2.24, 2.45) is 5.10 Å². The lowest BCUT2D eigenvalue weighted by Gasteiger charge is -2.23. The second kappa shape index (κ2) is 7.03. The number of carbonyl (C=O) groups excluding carboxylic acids is 1. The molecule has 144 valence electrons. The van der Waals surface area contributed by atoms with Crippen molar-refractivity contribution in [3.63, 3.8) is 0 Å². The molecule has 0 saturated heterocycles. The third kappa shape index (κ3) is 3.11. The summed E-state index contributed by atoms with van der Waals surface area (Å²) in [4.78, 5) is 14.5. The maximum atomic E-state index is 12.3. The number of fused-ring (bicyclic) bond motifs is 2. The highest BCUT2D eigenvalue weighted by Crippen LogP contribution is 2.46. The highest BCUT2D eigenvalue weighted by Gasteiger charge is 2.37. The molecule has 28 heavy (non-hydrogen) atoms. The van der Waals surface area contributed by atoms with Crippen LogP contribution < -0.4 is 19.8 Å². The van der Waals surface area contributed by atoms with E-state index in [1.807, 2.05) is 19.2 Å². The minimum atomic E-state index is -0.297. The van der Waals surface area contributed by atoms with E-state index >= 15 is 0 Å². The third-order valence-electron chi connectivity index (χ3n) is 5.22. The van der Waals surface area contributed by atoms with Crippen LogP contribution in [0.4, 0.5) is 5.69 Å². The first kappa shape index (κ1) is 18.1. The van der Waals surface area contributed by atoms with Crippen molar-refractivity contribution in [3.8, 4) is 11.5 Å². The fraction of sp³-hybridized carbons (Fsp3) is 0.273. The van der Waals surface area contributed by atoms with Crippen molar-refractivity contribution in [3.05, 3.63) is 65.4 Å². The molecule has 0 fully saturated rings. The average Bonchev–Trinajstić information content (AvgIpc) is 2.91. The van der Waals surface area contributed by atoms with Gasteiger partial charge in [0.1, 0.15) is 13.2 Å². The molecule has 4 rings (SSSR count). The summed E-state index contributed by atoms with van der Waals surface area (Å²) in [5.41, 5.74) is 6.49. The second-order valence-corrected chi connectivity index (χ2v) is 7.33. The van der Waals surface area contributed by atoms with Crippen molar-refractivity contribution in [2.45, 2.75) is 19.3 Å². The largest absolute Gasteiger partial charge is 0.486 e. The number of benzene rings is 2. The maximum absolute atomic E-state index is 12.3. The Labute approximate surface area is 164 Å². The molecule has 0 unspecified atom stereocenters. The Bertz CT molecular complexity index is 979. The van der Waals surface area contributed by atoms with E-state index in [-0.39, 0.29) is 11.3 Å². The van der Waals surface area contributed by atoms with E-state index < -0.39 is 0 Å². The molecule has 0 saturated carbocycles. The molecule has 6 nitrogen and oxygen atoms in total. The predicted octanol–water partition coefficient (Wildman–Crippen LogP) is 3.48. The Morgan fingerprint density at radius 2 is 1.89 bits per heavy atom. The van der Waals surface area contributed by atoms with Crippen LogP contribution in [0.5, 0.6) is 11.5 Å². The van der Waals surface area contributed by atoms with Crippen molar-refractivity contribution >= 4 is 17.8 Å². The van der Waals surface area contributed by atoms with Crippen molar-refractivity contribution in [1.82, 2.24) is 5.43 Å². The van der Waals surface area contributed by atoms with E-state index in [0.29, 0.717) is 30.3 Å². The van der Waals surface area contributed by atoms with Gasteiger partial charge in [-0.15, -0.1) is 0 Å². The number of amides is 1. The summed E-state index contributed by atoms with van der Waals surface area (Å²) in [5.74, 6) is 0.938. The van der Waals surface area contributed by atoms with Crippen molar-refractivity contribution in [2.75, 3.05) is 25.2 Å². The van der Waals surface area contributed by atoms with Crippen molar-refractivity contribution < 1.29 is 14.3 Å². The molecule has 2 aromatic carbocycles. The number of anilines is 1. The third-order valence-corrected chi connectivity index (χ3v) is 5.22. The molecule has 2 aliphatic heterocycles. The number of rotatable bonds is 3. The summed E-state index contributed by atoms with van der Waals surface area (Å²) < 4.78 is 11.0. The normalized spacial score (nSPS) is 18.4. The van der Waals surface area contributed by atoms with Gasteiger partial charge < -0.3 is 14.4 Å². The van der Waals surface area contributed by atoms with E-state index in [9.17, 15) is 4.79 Å². The van der Waals surface area contributed by atoms with E-state index in [1.54, 1.807) is 24.4 Å². The summed E-state index contributed by atoms with van der Waals surface area (Å²) in [5, 5.41) is 4.09. The van der Waals surface area contributed by atoms with Crippen molar-refractivity contribution in [1.29, 1.82) is 0 Å². The van der Waals surface area contributed by atoms with Gasteiger partial charge in [-0.1, -0.05) is 32.0 Å². The Kier molecular flexibility index (Phi) is 4.55. The molecule has 0 aromatic heterocycles. The number of ether oxygens (including phenoxy) is 2. The smallest absolute Gasteiger partial charge is 0.271 e. The van der Waals surface area contributed by atoms with Crippen LogP contribution in [0.1, 0.15) is 29.8 Å². The van der Waals surface area contributed by atoms with Gasteiger partial charge in [-0.25, -0.2) is 5.43 Å². The molecular formula is C22H23N3O3. The topological polar surface area (TPSA) is 63.2 Å². The first-order valence-electron chi connectivity index (χ1n) is 9.25. The molecule has 0 atom stereocenters. The summed E-state index contributed by atoms with van der Waals surface area (Å²) in [6.07, 6.45) is 3.56. The first-order chi connectivity index (χ1) is 13.5. The number of para-hydroxylation sites is 1. The van der Waals surface area contributed by atoms with E-state index in [2.05, 4.69) is 47.5 Å². The second-order valence-electron chi connectivity index (χ2n) is 7.33. The first-order valence-corrected chi connectivity index (χ1v) is 9.25. The molecule has 2 aromatic rings. The van der Waals surface area contributed by atoms with E-state index in [1.165, 1.54) is 11.3 Å². The van der Waals surface area contributed by atoms with Crippen LogP contribution in [-0.4, -0.2) is 32.4 Å². The SMILES string of the molecule is CN1C(=CC=NNC(=O)c2ccc3c(c2)OCCO3)C(C)(C)c2ccccc21. The fourth-order valence-corrected chi connectivity index (χ4v) is 3.75. The van der Waals surface area contributed by atoms with Gasteiger partial charge in [-0.2, -0.15) is 5.10 Å². The lowest BCUT2D eigenvalue weighted by molar-refractivity contribution is 0.0954. The number of hydrazone groups is 1. The molecule has 2 aliphatic rings. The van der Waals surface area contributed by atoms with Gasteiger partial charge in [0.15, 0.2) is 11.5 Å². The maximum Gasteiger partial charge on any atom is 0.271 e. The fourth-order valence-electron chi connectivity index (χ4n) is 3.75. The summed E-state index contributed by atoms with van der Waals surface area (Å²) in [7, 11) is 2.04. The highest BCUT2D eigenvalue weighted by atomic mass is 16.6. The average molecular weight is 377 g/mol. The lowest BCUT2D eigenvalue weighted by atomic mass is 9.84. The number of allylic oxidation sites excluding steroid dienone is 2. The van der Waals surface area contributed by atoms with Gasteiger partial charge in [0.2, 0.25) is 0 Å². The molecule has 1 amide bonds. The van der Waals surface area contributed by atoms with E-state index in [4.69, 9.17) is 9.47 Å². The monoisotopic (exact) mass is 377 g/mol. The van der Waals surface area contributed by atoms with Gasteiger partial charge in [0.25, 0.3) is 5.91 Å². The summed E-state index contributed by atoms with van der Waals surface area (Å²) >= 11 is 0. The minimum Gasteiger partial charge on any atom is -0.486 e.